The van der Waals surface area contributed by atoms with Crippen molar-refractivity contribution in [2.75, 3.05) is 33.9 Å². The van der Waals surface area contributed by atoms with Crippen LogP contribution in [-0.4, -0.2) is 52.6 Å². The fourth-order valence-corrected chi connectivity index (χ4v) is 7.24. The molecule has 4 aliphatic heterocycles. The molecule has 44 heavy (non-hydrogen) atoms. The Kier molecular flexibility index (Phi) is 13.6. The molecule has 0 unspecified atom stereocenters. The van der Waals surface area contributed by atoms with Crippen molar-refractivity contribution in [2.45, 2.75) is 105 Å². The van der Waals surface area contributed by atoms with Gasteiger partial charge in [-0.25, -0.2) is 0 Å². The summed E-state index contributed by atoms with van der Waals surface area (Å²) in [6, 6.07) is 7.89. The number of hydrogen-bond acceptors (Lipinski definition) is 5. The number of aliphatic hydroxyl groups is 1. The Morgan fingerprint density at radius 2 is 1.09 bits per heavy atom. The molecule has 0 fully saturated rings. The number of unbranched alkanes of at least 4 members (excludes halogenated alkanes) is 4. The Morgan fingerprint density at radius 1 is 0.659 bits per heavy atom. The van der Waals surface area contributed by atoms with Gasteiger partial charge in [0, 0.05) is 43.7 Å². The van der Waals surface area contributed by atoms with Crippen molar-refractivity contribution in [1.82, 2.24) is 0 Å². The molecular formula is C36H49IN2O5. The van der Waals surface area contributed by atoms with Gasteiger partial charge in [-0.3, -0.25) is 19.2 Å². The van der Waals surface area contributed by atoms with Crippen LogP contribution in [0, 0.1) is 0 Å². The molecule has 0 atom stereocenters. The molecule has 8 heteroatoms. The molecule has 240 valence electrons. The number of hydrogen-bond donors (Lipinski definition) is 1. The van der Waals surface area contributed by atoms with E-state index in [1.54, 1.807) is 0 Å². The van der Waals surface area contributed by atoms with Gasteiger partial charge in [-0.2, -0.15) is 0 Å². The predicted molar refractivity (Wildman–Crippen MR) is 187 cm³/mol. The van der Waals surface area contributed by atoms with Crippen LogP contribution in [0.4, 0.5) is 11.4 Å². The molecule has 0 saturated carbocycles. The van der Waals surface area contributed by atoms with E-state index in [-0.39, 0.29) is 44.8 Å². The molecule has 1 N–H and O–H groups in total. The largest absolute Gasteiger partial charge is 0.396 e. The third kappa shape index (κ3) is 7.97. The van der Waals surface area contributed by atoms with Crippen molar-refractivity contribution >= 4 is 57.3 Å². The Bertz CT molecular complexity index is 1270. The number of Topliss-reactive ketones (excluding diaryl/α,β-unsaturated/α-hetero) is 2. The second-order valence-corrected chi connectivity index (χ2v) is 12.9. The minimum atomic E-state index is 0. The zero-order chi connectivity index (χ0) is 29.6. The van der Waals surface area contributed by atoms with Gasteiger partial charge in [0.25, 0.3) is 0 Å². The predicted octanol–water partition coefficient (Wildman–Crippen LogP) is 7.23. The highest BCUT2D eigenvalue weighted by atomic mass is 127. The number of nitrogens with zero attached hydrogens (tertiary/aromatic N) is 2. The van der Waals surface area contributed by atoms with Gasteiger partial charge < -0.3 is 14.9 Å². The number of ketones is 2. The number of carbonyl (C=O) groups is 4. The van der Waals surface area contributed by atoms with Crippen LogP contribution in [0.25, 0.3) is 0 Å². The molecule has 7 nitrogen and oxygen atoms in total. The van der Waals surface area contributed by atoms with Gasteiger partial charge in [0.15, 0.2) is 11.6 Å². The lowest BCUT2D eigenvalue weighted by molar-refractivity contribution is -0.118. The lowest BCUT2D eigenvalue weighted by Gasteiger charge is -2.25. The van der Waals surface area contributed by atoms with E-state index < -0.39 is 0 Å². The summed E-state index contributed by atoms with van der Waals surface area (Å²) in [5.74, 6) is 0.749. The van der Waals surface area contributed by atoms with Gasteiger partial charge in [-0.15, -0.1) is 0 Å². The summed E-state index contributed by atoms with van der Waals surface area (Å²) in [5.41, 5.74) is 8.18. The number of rotatable bonds is 12. The van der Waals surface area contributed by atoms with E-state index in [0.29, 0.717) is 25.7 Å². The maximum atomic E-state index is 12.4. The monoisotopic (exact) mass is 716 g/mol. The minimum Gasteiger partial charge on any atom is -0.396 e. The molecule has 0 aliphatic carbocycles. The average molecular weight is 717 g/mol. The smallest absolute Gasteiger partial charge is 0.231 e. The van der Waals surface area contributed by atoms with Crippen molar-refractivity contribution < 1.29 is 24.3 Å². The van der Waals surface area contributed by atoms with Crippen LogP contribution in [0.5, 0.6) is 0 Å². The Hall–Kier alpha value is -2.59. The van der Waals surface area contributed by atoms with E-state index >= 15 is 0 Å². The SMILES string of the molecule is C.C.O=C(CCCCCI)c1cc2c3c(c1)CC(=O)N3CCC2.O=C(CCCCCO)c1cc2c3c(c1)CC(=O)N3CCC2. The first-order chi connectivity index (χ1) is 20.4. The maximum absolute atomic E-state index is 12.4. The lowest BCUT2D eigenvalue weighted by Crippen LogP contribution is -2.31. The first kappa shape index (κ1) is 35.9. The van der Waals surface area contributed by atoms with E-state index in [2.05, 4.69) is 22.6 Å². The van der Waals surface area contributed by atoms with Gasteiger partial charge >= 0.3 is 0 Å². The normalized spacial score (nSPS) is 15.5. The molecular weight excluding hydrogens is 667 g/mol. The van der Waals surface area contributed by atoms with Crippen LogP contribution in [0.15, 0.2) is 24.3 Å². The first-order valence-corrected chi connectivity index (χ1v) is 17.1. The van der Waals surface area contributed by atoms with E-state index in [4.69, 9.17) is 5.11 Å². The Labute approximate surface area is 276 Å². The van der Waals surface area contributed by atoms with Crippen molar-refractivity contribution in [3.63, 3.8) is 0 Å². The van der Waals surface area contributed by atoms with E-state index in [9.17, 15) is 19.2 Å². The topological polar surface area (TPSA) is 95.0 Å². The number of amides is 2. The second-order valence-electron chi connectivity index (χ2n) is 11.8. The van der Waals surface area contributed by atoms with Crippen LogP contribution in [0.1, 0.15) is 122 Å². The minimum absolute atomic E-state index is 0. The molecule has 2 aromatic carbocycles. The van der Waals surface area contributed by atoms with Crippen LogP contribution in [-0.2, 0) is 35.3 Å². The number of halogens is 1. The number of anilines is 2. The number of carbonyl (C=O) groups excluding carboxylic acids is 4. The van der Waals surface area contributed by atoms with E-state index in [1.165, 1.54) is 12.0 Å². The average Bonchev–Trinajstić information content (AvgIpc) is 3.50. The summed E-state index contributed by atoms with van der Waals surface area (Å²) >= 11 is 2.37. The molecule has 2 aromatic rings. The highest BCUT2D eigenvalue weighted by Gasteiger charge is 2.34. The van der Waals surface area contributed by atoms with Crippen molar-refractivity contribution in [2.24, 2.45) is 0 Å². The summed E-state index contributed by atoms with van der Waals surface area (Å²) in [7, 11) is 0. The van der Waals surface area contributed by atoms with Crippen LogP contribution in [0.2, 0.25) is 0 Å². The molecule has 0 bridgehead atoms. The summed E-state index contributed by atoms with van der Waals surface area (Å²) < 4.78 is 1.16. The van der Waals surface area contributed by atoms with Crippen LogP contribution < -0.4 is 9.80 Å². The van der Waals surface area contributed by atoms with E-state index in [0.717, 1.165) is 114 Å². The lowest BCUT2D eigenvalue weighted by atomic mass is 9.94. The molecule has 6 rings (SSSR count). The van der Waals surface area contributed by atoms with Gasteiger partial charge in [0.2, 0.25) is 11.8 Å². The van der Waals surface area contributed by atoms with Gasteiger partial charge in [-0.05, 0) is 102 Å². The highest BCUT2D eigenvalue weighted by Crippen LogP contribution is 2.39. The number of benzene rings is 2. The zero-order valence-electron chi connectivity index (χ0n) is 24.4. The fraction of sp³-hybridized carbons (Fsp3) is 0.556. The van der Waals surface area contributed by atoms with Crippen molar-refractivity contribution in [1.29, 1.82) is 0 Å². The van der Waals surface area contributed by atoms with Crippen molar-refractivity contribution in [3.05, 3.63) is 57.6 Å². The molecule has 0 aromatic heterocycles. The fourth-order valence-electron chi connectivity index (χ4n) is 6.70. The third-order valence-electron chi connectivity index (χ3n) is 8.76. The third-order valence-corrected chi connectivity index (χ3v) is 9.52. The van der Waals surface area contributed by atoms with Gasteiger partial charge in [-0.1, -0.05) is 50.3 Å². The van der Waals surface area contributed by atoms with E-state index in [1.807, 2.05) is 34.1 Å². The maximum Gasteiger partial charge on any atom is 0.231 e. The second kappa shape index (κ2) is 16.6. The highest BCUT2D eigenvalue weighted by molar-refractivity contribution is 14.1. The van der Waals surface area contributed by atoms with Crippen LogP contribution >= 0.6 is 22.6 Å². The zero-order valence-corrected chi connectivity index (χ0v) is 26.5. The number of aryl methyl sites for hydroxylation is 2. The Morgan fingerprint density at radius 3 is 1.52 bits per heavy atom. The molecule has 0 saturated heterocycles. The molecule has 0 spiro atoms. The summed E-state index contributed by atoms with van der Waals surface area (Å²) in [6.45, 7) is 1.84. The van der Waals surface area contributed by atoms with Gasteiger partial charge in [0.05, 0.1) is 24.2 Å². The van der Waals surface area contributed by atoms with Crippen molar-refractivity contribution in [3.8, 4) is 0 Å². The quantitative estimate of drug-likeness (QED) is 0.108. The molecule has 2 amide bonds. The number of alkyl halides is 1. The van der Waals surface area contributed by atoms with Crippen LogP contribution in [0.3, 0.4) is 0 Å². The molecule has 4 heterocycles. The summed E-state index contributed by atoms with van der Waals surface area (Å²) in [4.78, 5) is 52.4. The summed E-state index contributed by atoms with van der Waals surface area (Å²) in [5, 5.41) is 8.76. The van der Waals surface area contributed by atoms with Gasteiger partial charge in [0.1, 0.15) is 0 Å². The first-order valence-electron chi connectivity index (χ1n) is 15.6. The summed E-state index contributed by atoms with van der Waals surface area (Å²) in [6.07, 6.45) is 11.7. The number of aliphatic hydroxyl groups excluding tert-OH is 1. The standard InChI is InChI=1S/C17H20INO2.C17H21NO3.2CH4/c18-7-3-1-2-6-15(20)13-9-12-5-4-8-19-16(21)11-14(10-13)17(12)19;19-8-3-1-2-6-15(20)13-9-12-5-4-7-18-16(21)11-14(10-13)17(12)18;;/h9-10H,1-8,11H2;9-10,19H,1-8,11H2;2*1H4. The Balaban J connectivity index is 0.000000230. The molecule has 0 radical (unpaired) electrons. The molecule has 4 aliphatic rings.